The van der Waals surface area contributed by atoms with Gasteiger partial charge in [0.25, 0.3) is 0 Å². The number of guanidine groups is 1. The van der Waals surface area contributed by atoms with E-state index in [4.69, 9.17) is 9.47 Å². The van der Waals surface area contributed by atoms with Gasteiger partial charge in [-0.1, -0.05) is 12.1 Å². The quantitative estimate of drug-likeness (QED) is 0.577. The number of para-hydroxylation sites is 2. The van der Waals surface area contributed by atoms with E-state index in [2.05, 4.69) is 20.5 Å². The van der Waals surface area contributed by atoms with Gasteiger partial charge >= 0.3 is 0 Å². The topological polar surface area (TPSA) is 58.1 Å². The van der Waals surface area contributed by atoms with Gasteiger partial charge in [0.1, 0.15) is 6.10 Å². The second kappa shape index (κ2) is 9.12. The van der Waals surface area contributed by atoms with E-state index in [-0.39, 0.29) is 6.10 Å². The highest BCUT2D eigenvalue weighted by Crippen LogP contribution is 2.29. The Morgan fingerprint density at radius 1 is 1.19 bits per heavy atom. The Morgan fingerprint density at radius 2 is 1.88 bits per heavy atom. The number of rotatable bonds is 7. The lowest BCUT2D eigenvalue weighted by molar-refractivity contribution is 0.196. The molecule has 2 aliphatic rings. The Labute approximate surface area is 157 Å². The summed E-state index contributed by atoms with van der Waals surface area (Å²) in [5.74, 6) is 2.37. The molecule has 3 rings (SSSR count). The number of piperidine rings is 1. The van der Waals surface area contributed by atoms with Crippen molar-refractivity contribution < 1.29 is 9.47 Å². The van der Waals surface area contributed by atoms with Crippen LogP contribution in [0.5, 0.6) is 11.5 Å². The van der Waals surface area contributed by atoms with E-state index in [1.54, 1.807) is 7.11 Å². The van der Waals surface area contributed by atoms with Gasteiger partial charge in [-0.2, -0.15) is 0 Å². The van der Waals surface area contributed by atoms with E-state index in [1.165, 1.54) is 38.8 Å². The molecule has 144 valence electrons. The van der Waals surface area contributed by atoms with Crippen molar-refractivity contribution in [1.82, 2.24) is 15.5 Å². The molecule has 2 N–H and O–H groups in total. The summed E-state index contributed by atoms with van der Waals surface area (Å²) in [6, 6.07) is 9.10. The third kappa shape index (κ3) is 5.27. The van der Waals surface area contributed by atoms with Crippen LogP contribution in [0.25, 0.3) is 0 Å². The van der Waals surface area contributed by atoms with E-state index in [9.17, 15) is 0 Å². The summed E-state index contributed by atoms with van der Waals surface area (Å²) < 4.78 is 11.3. The first-order chi connectivity index (χ1) is 12.7. The number of aliphatic imine (C=N–C) groups is 1. The van der Waals surface area contributed by atoms with Crippen molar-refractivity contribution in [1.29, 1.82) is 0 Å². The Bertz CT molecular complexity index is 595. The van der Waals surface area contributed by atoms with Crippen LogP contribution in [0.1, 0.15) is 32.6 Å². The molecule has 2 fully saturated rings. The van der Waals surface area contributed by atoms with Crippen molar-refractivity contribution in [3.05, 3.63) is 24.3 Å². The zero-order valence-electron chi connectivity index (χ0n) is 16.2. The van der Waals surface area contributed by atoms with E-state index in [0.29, 0.717) is 12.6 Å². The first-order valence-corrected chi connectivity index (χ1v) is 9.70. The Hall–Kier alpha value is -1.95. The third-order valence-corrected chi connectivity index (χ3v) is 5.11. The molecule has 0 spiro atoms. The van der Waals surface area contributed by atoms with Crippen LogP contribution in [0.15, 0.2) is 29.3 Å². The van der Waals surface area contributed by atoms with Crippen molar-refractivity contribution in [2.45, 2.75) is 50.8 Å². The van der Waals surface area contributed by atoms with Gasteiger partial charge in [0.2, 0.25) is 0 Å². The first kappa shape index (κ1) is 18.8. The average Bonchev–Trinajstić information content (AvgIpc) is 3.51. The maximum atomic E-state index is 5.99. The molecular weight excluding hydrogens is 328 g/mol. The fourth-order valence-electron chi connectivity index (χ4n) is 3.45. The molecule has 1 unspecified atom stereocenters. The summed E-state index contributed by atoms with van der Waals surface area (Å²) in [5, 5.41) is 6.94. The monoisotopic (exact) mass is 360 g/mol. The summed E-state index contributed by atoms with van der Waals surface area (Å²) in [5.41, 5.74) is 0. The van der Waals surface area contributed by atoms with Crippen LogP contribution in [-0.2, 0) is 0 Å². The normalized spacial score (nSPS) is 20.5. The Morgan fingerprint density at radius 3 is 2.50 bits per heavy atom. The Balaban J connectivity index is 1.40. The summed E-state index contributed by atoms with van der Waals surface area (Å²) in [4.78, 5) is 7.00. The average molecular weight is 361 g/mol. The molecule has 1 heterocycles. The van der Waals surface area contributed by atoms with Crippen LogP contribution >= 0.6 is 0 Å². The zero-order chi connectivity index (χ0) is 18.4. The van der Waals surface area contributed by atoms with Gasteiger partial charge in [0, 0.05) is 32.2 Å². The van der Waals surface area contributed by atoms with Crippen LogP contribution in [-0.4, -0.2) is 62.8 Å². The first-order valence-electron chi connectivity index (χ1n) is 9.70. The van der Waals surface area contributed by atoms with Gasteiger partial charge in [-0.05, 0) is 44.7 Å². The number of methoxy groups -OCH3 is 1. The van der Waals surface area contributed by atoms with Gasteiger partial charge in [0.15, 0.2) is 17.5 Å². The van der Waals surface area contributed by atoms with Gasteiger partial charge in [-0.25, -0.2) is 0 Å². The largest absolute Gasteiger partial charge is 0.493 e. The highest BCUT2D eigenvalue weighted by atomic mass is 16.5. The molecule has 1 saturated heterocycles. The van der Waals surface area contributed by atoms with Crippen LogP contribution in [0.4, 0.5) is 0 Å². The van der Waals surface area contributed by atoms with Gasteiger partial charge in [-0.3, -0.25) is 4.99 Å². The van der Waals surface area contributed by atoms with E-state index in [1.807, 2.05) is 38.2 Å². The van der Waals surface area contributed by atoms with Crippen molar-refractivity contribution in [2.24, 2.45) is 4.99 Å². The molecule has 6 heteroatoms. The molecular formula is C20H32N4O2. The van der Waals surface area contributed by atoms with E-state index in [0.717, 1.165) is 23.5 Å². The van der Waals surface area contributed by atoms with Gasteiger partial charge in [0.05, 0.1) is 13.7 Å². The lowest BCUT2D eigenvalue weighted by atomic mass is 10.1. The summed E-state index contributed by atoms with van der Waals surface area (Å²) >= 11 is 0. The standard InChI is InChI=1S/C20H32N4O2/c1-15(26-19-7-5-4-6-18(19)25-3)14-22-20(21-2)23-16-10-12-24(13-11-16)17-8-9-17/h4-7,15-17H,8-14H2,1-3H3,(H2,21,22,23). The van der Waals surface area contributed by atoms with Crippen molar-refractivity contribution in [2.75, 3.05) is 33.8 Å². The third-order valence-electron chi connectivity index (χ3n) is 5.11. The SMILES string of the molecule is CN=C(NCC(C)Oc1ccccc1OC)NC1CCN(C2CC2)CC1. The highest BCUT2D eigenvalue weighted by Gasteiger charge is 2.31. The van der Waals surface area contributed by atoms with E-state index >= 15 is 0 Å². The molecule has 1 aromatic carbocycles. The van der Waals surface area contributed by atoms with Crippen molar-refractivity contribution in [3.63, 3.8) is 0 Å². The number of likely N-dealkylation sites (tertiary alicyclic amines) is 1. The minimum Gasteiger partial charge on any atom is -0.493 e. The minimum absolute atomic E-state index is 0.00145. The zero-order valence-corrected chi connectivity index (χ0v) is 16.2. The molecule has 1 aliphatic carbocycles. The summed E-state index contributed by atoms with van der Waals surface area (Å²) in [6.07, 6.45) is 5.16. The summed E-state index contributed by atoms with van der Waals surface area (Å²) in [6.45, 7) is 5.12. The predicted octanol–water partition coefficient (Wildman–Crippen LogP) is 2.25. The second-order valence-electron chi connectivity index (χ2n) is 7.22. The molecule has 0 aromatic heterocycles. The smallest absolute Gasteiger partial charge is 0.191 e. The van der Waals surface area contributed by atoms with Gasteiger partial charge < -0.3 is 25.0 Å². The fourth-order valence-corrected chi connectivity index (χ4v) is 3.45. The van der Waals surface area contributed by atoms with Crippen molar-refractivity contribution >= 4 is 5.96 Å². The van der Waals surface area contributed by atoms with Crippen LogP contribution in [0.3, 0.4) is 0 Å². The number of nitrogens with one attached hydrogen (secondary N) is 2. The number of benzene rings is 1. The molecule has 1 atom stereocenters. The molecule has 1 aliphatic heterocycles. The van der Waals surface area contributed by atoms with Crippen LogP contribution in [0, 0.1) is 0 Å². The van der Waals surface area contributed by atoms with Crippen molar-refractivity contribution in [3.8, 4) is 11.5 Å². The lowest BCUT2D eigenvalue weighted by Crippen LogP contribution is -2.50. The van der Waals surface area contributed by atoms with Crippen LogP contribution < -0.4 is 20.1 Å². The van der Waals surface area contributed by atoms with Gasteiger partial charge in [-0.15, -0.1) is 0 Å². The van der Waals surface area contributed by atoms with E-state index < -0.39 is 0 Å². The second-order valence-corrected chi connectivity index (χ2v) is 7.22. The number of nitrogens with zero attached hydrogens (tertiary/aromatic N) is 2. The molecule has 0 radical (unpaired) electrons. The molecule has 0 amide bonds. The maximum absolute atomic E-state index is 5.99. The lowest BCUT2D eigenvalue weighted by Gasteiger charge is -2.33. The number of hydrogen-bond acceptors (Lipinski definition) is 4. The highest BCUT2D eigenvalue weighted by molar-refractivity contribution is 5.80. The minimum atomic E-state index is 0.00145. The molecule has 26 heavy (non-hydrogen) atoms. The fraction of sp³-hybridized carbons (Fsp3) is 0.650. The summed E-state index contributed by atoms with van der Waals surface area (Å²) in [7, 11) is 3.48. The van der Waals surface area contributed by atoms with Crippen LogP contribution in [0.2, 0.25) is 0 Å². The number of hydrogen-bond donors (Lipinski definition) is 2. The predicted molar refractivity (Wildman–Crippen MR) is 105 cm³/mol. The Kier molecular flexibility index (Phi) is 6.61. The number of ether oxygens (including phenoxy) is 2. The molecule has 1 aromatic rings. The molecule has 6 nitrogen and oxygen atoms in total. The molecule has 0 bridgehead atoms. The molecule has 1 saturated carbocycles. The maximum Gasteiger partial charge on any atom is 0.191 e.